The third kappa shape index (κ3) is 4.63. The zero-order chi connectivity index (χ0) is 15.2. The molecule has 1 aromatic rings. The molecule has 114 valence electrons. The number of aliphatic carboxylic acids is 1. The van der Waals surface area contributed by atoms with Crippen molar-refractivity contribution in [2.24, 2.45) is 0 Å². The molecule has 0 atom stereocenters. The number of carbonyl (C=O) groups excluding carboxylic acids is 1. The lowest BCUT2D eigenvalue weighted by molar-refractivity contribution is -0.133. The standard InChI is InChI=1S/C14H17FN2O3S/c15-11-7-10(16-13(18)8-21-9-14(19)20)3-4-12(11)17-5-1-2-6-17/h3-4,7H,1-2,5-6,8-9H2,(H,16,18)(H,19,20). The lowest BCUT2D eigenvalue weighted by Crippen LogP contribution is -2.19. The minimum absolute atomic E-state index is 0.0296. The van der Waals surface area contributed by atoms with Crippen molar-refractivity contribution >= 4 is 35.0 Å². The summed E-state index contributed by atoms with van der Waals surface area (Å²) in [4.78, 5) is 23.9. The van der Waals surface area contributed by atoms with Crippen LogP contribution in [0.15, 0.2) is 18.2 Å². The van der Waals surface area contributed by atoms with E-state index in [1.54, 1.807) is 12.1 Å². The molecule has 0 spiro atoms. The molecule has 0 aromatic heterocycles. The Labute approximate surface area is 126 Å². The van der Waals surface area contributed by atoms with Crippen LogP contribution in [0.1, 0.15) is 12.8 Å². The van der Waals surface area contributed by atoms with E-state index < -0.39 is 5.97 Å². The molecule has 21 heavy (non-hydrogen) atoms. The predicted molar refractivity (Wildman–Crippen MR) is 81.4 cm³/mol. The van der Waals surface area contributed by atoms with E-state index in [0.29, 0.717) is 11.4 Å². The summed E-state index contributed by atoms with van der Waals surface area (Å²) in [5, 5.41) is 11.0. The molecule has 1 saturated heterocycles. The van der Waals surface area contributed by atoms with Crippen LogP contribution in [0, 0.1) is 5.82 Å². The van der Waals surface area contributed by atoms with Crippen LogP contribution in [0.4, 0.5) is 15.8 Å². The first kappa shape index (κ1) is 15.6. The number of rotatable bonds is 6. The Bertz CT molecular complexity index is 533. The van der Waals surface area contributed by atoms with Crippen molar-refractivity contribution in [2.75, 3.05) is 34.8 Å². The van der Waals surface area contributed by atoms with Crippen molar-refractivity contribution < 1.29 is 19.1 Å². The maximum absolute atomic E-state index is 14.0. The number of nitrogens with one attached hydrogen (secondary N) is 1. The van der Waals surface area contributed by atoms with Gasteiger partial charge in [-0.3, -0.25) is 9.59 Å². The summed E-state index contributed by atoms with van der Waals surface area (Å²) in [6, 6.07) is 4.63. The molecule has 1 aliphatic heterocycles. The van der Waals surface area contributed by atoms with Gasteiger partial charge >= 0.3 is 5.97 Å². The summed E-state index contributed by atoms with van der Waals surface area (Å²) in [5.74, 6) is -1.76. The largest absolute Gasteiger partial charge is 0.481 e. The van der Waals surface area contributed by atoms with Gasteiger partial charge < -0.3 is 15.3 Å². The summed E-state index contributed by atoms with van der Waals surface area (Å²) >= 11 is 1.00. The highest BCUT2D eigenvalue weighted by molar-refractivity contribution is 8.00. The number of halogens is 1. The van der Waals surface area contributed by atoms with Crippen LogP contribution in [0.3, 0.4) is 0 Å². The quantitative estimate of drug-likeness (QED) is 0.842. The first-order valence-corrected chi connectivity index (χ1v) is 7.85. The normalized spacial score (nSPS) is 14.2. The van der Waals surface area contributed by atoms with Crippen LogP contribution in [-0.2, 0) is 9.59 Å². The van der Waals surface area contributed by atoms with Gasteiger partial charge in [-0.25, -0.2) is 4.39 Å². The number of hydrogen-bond donors (Lipinski definition) is 2. The van der Waals surface area contributed by atoms with E-state index in [0.717, 1.165) is 37.7 Å². The van der Waals surface area contributed by atoms with Crippen LogP contribution in [0.2, 0.25) is 0 Å². The van der Waals surface area contributed by atoms with Crippen molar-refractivity contribution in [1.29, 1.82) is 0 Å². The van der Waals surface area contributed by atoms with Gasteiger partial charge in [-0.05, 0) is 31.0 Å². The Morgan fingerprint density at radius 3 is 2.62 bits per heavy atom. The smallest absolute Gasteiger partial charge is 0.313 e. The monoisotopic (exact) mass is 312 g/mol. The van der Waals surface area contributed by atoms with Crippen molar-refractivity contribution in [3.05, 3.63) is 24.0 Å². The molecule has 0 radical (unpaired) electrons. The van der Waals surface area contributed by atoms with Crippen molar-refractivity contribution in [1.82, 2.24) is 0 Å². The second kappa shape index (κ2) is 7.31. The minimum atomic E-state index is -0.964. The molecule has 0 unspecified atom stereocenters. The summed E-state index contributed by atoms with van der Waals surface area (Å²) in [5.41, 5.74) is 0.946. The van der Waals surface area contributed by atoms with Crippen LogP contribution in [0.5, 0.6) is 0 Å². The van der Waals surface area contributed by atoms with Gasteiger partial charge in [-0.2, -0.15) is 0 Å². The summed E-state index contributed by atoms with van der Waals surface area (Å²) < 4.78 is 14.0. The van der Waals surface area contributed by atoms with Gasteiger partial charge in [-0.15, -0.1) is 11.8 Å². The molecule has 1 aromatic carbocycles. The van der Waals surface area contributed by atoms with Crippen molar-refractivity contribution in [2.45, 2.75) is 12.8 Å². The summed E-state index contributed by atoms with van der Waals surface area (Å²) in [7, 11) is 0. The highest BCUT2D eigenvalue weighted by atomic mass is 32.2. The number of carboxylic acids is 1. The molecule has 7 heteroatoms. The Hall–Kier alpha value is -1.76. The van der Waals surface area contributed by atoms with Crippen molar-refractivity contribution in [3.8, 4) is 0 Å². The second-order valence-corrected chi connectivity index (χ2v) is 5.78. The molecule has 1 aliphatic rings. The van der Waals surface area contributed by atoms with Gasteiger partial charge in [0.2, 0.25) is 5.91 Å². The minimum Gasteiger partial charge on any atom is -0.481 e. The zero-order valence-corrected chi connectivity index (χ0v) is 12.3. The van der Waals surface area contributed by atoms with Crippen molar-refractivity contribution in [3.63, 3.8) is 0 Å². The number of benzene rings is 1. The topological polar surface area (TPSA) is 69.6 Å². The first-order chi connectivity index (χ1) is 10.1. The first-order valence-electron chi connectivity index (χ1n) is 6.70. The molecule has 2 rings (SSSR count). The number of carbonyl (C=O) groups is 2. The molecular formula is C14H17FN2O3S. The Morgan fingerprint density at radius 1 is 1.29 bits per heavy atom. The fourth-order valence-electron chi connectivity index (χ4n) is 2.23. The highest BCUT2D eigenvalue weighted by Crippen LogP contribution is 2.26. The van der Waals surface area contributed by atoms with Gasteiger partial charge in [0.25, 0.3) is 0 Å². The Balaban J connectivity index is 1.90. The fourth-order valence-corrected chi connectivity index (χ4v) is 2.76. The van der Waals surface area contributed by atoms with Gasteiger partial charge in [0.1, 0.15) is 5.82 Å². The van der Waals surface area contributed by atoms with E-state index >= 15 is 0 Å². The highest BCUT2D eigenvalue weighted by Gasteiger charge is 2.16. The van der Waals surface area contributed by atoms with Crippen LogP contribution in [0.25, 0.3) is 0 Å². The number of carboxylic acid groups (broad SMARTS) is 1. The van der Waals surface area contributed by atoms with Gasteiger partial charge in [0, 0.05) is 18.8 Å². The molecule has 0 aliphatic carbocycles. The molecular weight excluding hydrogens is 295 g/mol. The second-order valence-electron chi connectivity index (χ2n) is 4.80. The number of hydrogen-bond acceptors (Lipinski definition) is 4. The summed E-state index contributed by atoms with van der Waals surface area (Å²) in [6.07, 6.45) is 2.14. The average molecular weight is 312 g/mol. The summed E-state index contributed by atoms with van der Waals surface area (Å²) in [6.45, 7) is 1.71. The molecule has 5 nitrogen and oxygen atoms in total. The third-order valence-electron chi connectivity index (χ3n) is 3.14. The Kier molecular flexibility index (Phi) is 5.44. The van der Waals surface area contributed by atoms with Crippen LogP contribution in [-0.4, -0.2) is 41.6 Å². The van der Waals surface area contributed by atoms with E-state index in [-0.39, 0.29) is 23.2 Å². The molecule has 1 amide bonds. The van der Waals surface area contributed by atoms with E-state index in [1.165, 1.54) is 6.07 Å². The SMILES string of the molecule is O=C(O)CSCC(=O)Nc1ccc(N2CCCC2)c(F)c1. The number of nitrogens with zero attached hydrogens (tertiary/aromatic N) is 1. The van der Waals surface area contributed by atoms with Crippen LogP contribution < -0.4 is 10.2 Å². The predicted octanol–water partition coefficient (Wildman–Crippen LogP) is 2.18. The Morgan fingerprint density at radius 2 is 2.00 bits per heavy atom. The van der Waals surface area contributed by atoms with E-state index in [4.69, 9.17) is 5.11 Å². The molecule has 1 heterocycles. The fraction of sp³-hybridized carbons (Fsp3) is 0.429. The lowest BCUT2D eigenvalue weighted by atomic mass is 10.2. The maximum atomic E-state index is 14.0. The molecule has 1 fully saturated rings. The average Bonchev–Trinajstić information content (AvgIpc) is 2.92. The zero-order valence-electron chi connectivity index (χ0n) is 11.5. The lowest BCUT2D eigenvalue weighted by Gasteiger charge is -2.18. The van der Waals surface area contributed by atoms with E-state index in [2.05, 4.69) is 5.32 Å². The van der Waals surface area contributed by atoms with Gasteiger partial charge in [0.05, 0.1) is 17.2 Å². The number of amides is 1. The molecule has 0 bridgehead atoms. The van der Waals surface area contributed by atoms with Gasteiger partial charge in [0.15, 0.2) is 0 Å². The maximum Gasteiger partial charge on any atom is 0.313 e. The van der Waals surface area contributed by atoms with Crippen LogP contribution >= 0.6 is 11.8 Å². The third-order valence-corrected chi connectivity index (χ3v) is 4.05. The van der Waals surface area contributed by atoms with E-state index in [9.17, 15) is 14.0 Å². The van der Waals surface area contributed by atoms with E-state index in [1.807, 2.05) is 4.90 Å². The molecule has 2 N–H and O–H groups in total. The number of thioether (sulfide) groups is 1. The number of anilines is 2. The van der Waals surface area contributed by atoms with Gasteiger partial charge in [-0.1, -0.05) is 0 Å². The molecule has 0 saturated carbocycles.